The van der Waals surface area contributed by atoms with Crippen molar-refractivity contribution in [1.82, 2.24) is 10.4 Å². The average molecular weight is 209 g/mol. The summed E-state index contributed by atoms with van der Waals surface area (Å²) >= 11 is 1.66. The molecule has 76 valence electrons. The minimum Gasteiger partial charge on any atom is -0.271 e. The normalized spacial score (nSPS) is 11.9. The van der Waals surface area contributed by atoms with E-state index in [0.717, 1.165) is 23.5 Å². The van der Waals surface area contributed by atoms with Crippen molar-refractivity contribution in [1.29, 1.82) is 0 Å². The molecule has 4 heteroatoms. The molecule has 0 fully saturated rings. The van der Waals surface area contributed by atoms with Crippen LogP contribution in [0.3, 0.4) is 0 Å². The molecule has 1 atom stereocenters. The Hall–Kier alpha value is -0.890. The molecule has 0 bridgehead atoms. The van der Waals surface area contributed by atoms with Crippen LogP contribution in [0.2, 0.25) is 0 Å². The van der Waals surface area contributed by atoms with Crippen LogP contribution < -0.4 is 11.3 Å². The van der Waals surface area contributed by atoms with Crippen LogP contribution in [0, 0.1) is 18.8 Å². The summed E-state index contributed by atoms with van der Waals surface area (Å²) in [6.07, 6.45) is 1.61. The lowest BCUT2D eigenvalue weighted by Gasteiger charge is -2.10. The Labute approximate surface area is 88.7 Å². The van der Waals surface area contributed by atoms with Gasteiger partial charge in [-0.15, -0.1) is 23.2 Å². The molecule has 1 rings (SSSR count). The van der Waals surface area contributed by atoms with E-state index in [9.17, 15) is 0 Å². The monoisotopic (exact) mass is 209 g/mol. The van der Waals surface area contributed by atoms with Crippen LogP contribution in [0.5, 0.6) is 0 Å². The summed E-state index contributed by atoms with van der Waals surface area (Å²) in [6, 6.07) is 0.198. The number of hydrazine groups is 1. The van der Waals surface area contributed by atoms with Gasteiger partial charge in [0.2, 0.25) is 0 Å². The van der Waals surface area contributed by atoms with Crippen molar-refractivity contribution in [3.63, 3.8) is 0 Å². The highest BCUT2D eigenvalue weighted by atomic mass is 32.1. The lowest BCUT2D eigenvalue weighted by atomic mass is 10.1. The molecule has 3 N–H and O–H groups in total. The van der Waals surface area contributed by atoms with Gasteiger partial charge in [-0.2, -0.15) is 0 Å². The van der Waals surface area contributed by atoms with Crippen LogP contribution in [0.25, 0.3) is 0 Å². The molecule has 0 spiro atoms. The summed E-state index contributed by atoms with van der Waals surface area (Å²) in [5.41, 5.74) is 3.85. The Morgan fingerprint density at radius 2 is 2.50 bits per heavy atom. The van der Waals surface area contributed by atoms with Gasteiger partial charge in [-0.3, -0.25) is 11.3 Å². The fraction of sp³-hybridized carbons (Fsp3) is 0.500. The van der Waals surface area contributed by atoms with E-state index in [1.807, 2.05) is 13.8 Å². The maximum absolute atomic E-state index is 5.43. The van der Waals surface area contributed by atoms with Gasteiger partial charge < -0.3 is 0 Å². The second kappa shape index (κ2) is 5.76. The molecule has 0 saturated heterocycles. The number of nitrogens with one attached hydrogen (secondary N) is 1. The Morgan fingerprint density at radius 3 is 3.00 bits per heavy atom. The third kappa shape index (κ3) is 3.46. The molecule has 0 amide bonds. The van der Waals surface area contributed by atoms with Crippen molar-refractivity contribution in [3.8, 4) is 11.8 Å². The van der Waals surface area contributed by atoms with E-state index >= 15 is 0 Å². The summed E-state index contributed by atoms with van der Waals surface area (Å²) in [5.74, 6) is 11.3. The number of thiazole rings is 1. The lowest BCUT2D eigenvalue weighted by Crippen LogP contribution is -2.36. The predicted molar refractivity (Wildman–Crippen MR) is 59.7 cm³/mol. The number of aryl methyl sites for hydroxylation is 1. The zero-order valence-electron chi connectivity index (χ0n) is 8.50. The maximum Gasteiger partial charge on any atom is 0.0897 e. The minimum absolute atomic E-state index is 0.198. The fourth-order valence-electron chi connectivity index (χ4n) is 1.17. The van der Waals surface area contributed by atoms with Gasteiger partial charge in [0.1, 0.15) is 0 Å². The van der Waals surface area contributed by atoms with Crippen molar-refractivity contribution >= 4 is 11.3 Å². The average Bonchev–Trinajstić information content (AvgIpc) is 2.58. The van der Waals surface area contributed by atoms with Gasteiger partial charge in [0.15, 0.2) is 0 Å². The van der Waals surface area contributed by atoms with Gasteiger partial charge >= 0.3 is 0 Å². The SMILES string of the molecule is CC#CCC(Cc1csc(C)n1)NN. The highest BCUT2D eigenvalue weighted by Gasteiger charge is 2.07. The summed E-state index contributed by atoms with van der Waals surface area (Å²) < 4.78 is 0. The number of hydrogen-bond donors (Lipinski definition) is 2. The number of rotatable bonds is 4. The van der Waals surface area contributed by atoms with E-state index in [1.165, 1.54) is 0 Å². The molecule has 1 aromatic heterocycles. The van der Waals surface area contributed by atoms with Gasteiger partial charge in [0.25, 0.3) is 0 Å². The van der Waals surface area contributed by atoms with Crippen LogP contribution in [0.1, 0.15) is 24.0 Å². The summed E-state index contributed by atoms with van der Waals surface area (Å²) in [7, 11) is 0. The third-order valence-electron chi connectivity index (χ3n) is 1.88. The van der Waals surface area contributed by atoms with Crippen LogP contribution in [0.15, 0.2) is 5.38 Å². The third-order valence-corrected chi connectivity index (χ3v) is 2.71. The van der Waals surface area contributed by atoms with Crippen molar-refractivity contribution in [3.05, 3.63) is 16.1 Å². The molecule has 0 radical (unpaired) electrons. The van der Waals surface area contributed by atoms with E-state index in [4.69, 9.17) is 5.84 Å². The number of hydrogen-bond acceptors (Lipinski definition) is 4. The zero-order chi connectivity index (χ0) is 10.4. The Morgan fingerprint density at radius 1 is 1.71 bits per heavy atom. The van der Waals surface area contributed by atoms with Crippen LogP contribution >= 0.6 is 11.3 Å². The van der Waals surface area contributed by atoms with Crippen molar-refractivity contribution in [2.45, 2.75) is 32.7 Å². The molecule has 0 aliphatic rings. The summed E-state index contributed by atoms with van der Waals surface area (Å²) in [4.78, 5) is 4.38. The van der Waals surface area contributed by atoms with Crippen molar-refractivity contribution in [2.24, 2.45) is 5.84 Å². The second-order valence-corrected chi connectivity index (χ2v) is 4.12. The zero-order valence-corrected chi connectivity index (χ0v) is 9.32. The smallest absolute Gasteiger partial charge is 0.0897 e. The molecule has 0 aromatic carbocycles. The molecule has 3 nitrogen and oxygen atoms in total. The molecule has 1 unspecified atom stereocenters. The molecule has 0 aliphatic heterocycles. The lowest BCUT2D eigenvalue weighted by molar-refractivity contribution is 0.532. The van der Waals surface area contributed by atoms with Gasteiger partial charge in [-0.1, -0.05) is 0 Å². The number of nitrogens with two attached hydrogens (primary N) is 1. The molecule has 1 aromatic rings. The molecule has 14 heavy (non-hydrogen) atoms. The molecular formula is C10H15N3S. The topological polar surface area (TPSA) is 50.9 Å². The van der Waals surface area contributed by atoms with E-state index < -0.39 is 0 Å². The van der Waals surface area contributed by atoms with E-state index in [2.05, 4.69) is 27.6 Å². The van der Waals surface area contributed by atoms with Crippen LogP contribution in [-0.2, 0) is 6.42 Å². The van der Waals surface area contributed by atoms with Crippen molar-refractivity contribution < 1.29 is 0 Å². The van der Waals surface area contributed by atoms with E-state index in [0.29, 0.717) is 0 Å². The minimum atomic E-state index is 0.198. The van der Waals surface area contributed by atoms with Gasteiger partial charge in [0, 0.05) is 24.3 Å². The predicted octanol–water partition coefficient (Wildman–Crippen LogP) is 1.24. The van der Waals surface area contributed by atoms with Gasteiger partial charge in [-0.25, -0.2) is 4.98 Å². The first-order valence-corrected chi connectivity index (χ1v) is 5.41. The van der Waals surface area contributed by atoms with E-state index in [-0.39, 0.29) is 6.04 Å². The maximum atomic E-state index is 5.43. The Kier molecular flexibility index (Phi) is 4.60. The van der Waals surface area contributed by atoms with Gasteiger partial charge in [0.05, 0.1) is 10.7 Å². The first kappa shape index (κ1) is 11.2. The summed E-state index contributed by atoms with van der Waals surface area (Å²) in [6.45, 7) is 3.84. The largest absolute Gasteiger partial charge is 0.271 e. The van der Waals surface area contributed by atoms with Crippen LogP contribution in [-0.4, -0.2) is 11.0 Å². The Balaban J connectivity index is 2.50. The summed E-state index contributed by atoms with van der Waals surface area (Å²) in [5, 5.41) is 3.16. The second-order valence-electron chi connectivity index (χ2n) is 3.06. The Bertz CT molecular complexity index is 335. The fourth-order valence-corrected chi connectivity index (χ4v) is 1.80. The highest BCUT2D eigenvalue weighted by Crippen LogP contribution is 2.10. The molecule has 0 aliphatic carbocycles. The first-order valence-electron chi connectivity index (χ1n) is 4.53. The van der Waals surface area contributed by atoms with Crippen molar-refractivity contribution in [2.75, 3.05) is 0 Å². The number of aromatic nitrogens is 1. The van der Waals surface area contributed by atoms with E-state index in [1.54, 1.807) is 11.3 Å². The highest BCUT2D eigenvalue weighted by molar-refractivity contribution is 7.09. The number of nitrogens with zero attached hydrogens (tertiary/aromatic N) is 1. The standard InChI is InChI=1S/C10H15N3S/c1-3-4-5-9(13-11)6-10-7-14-8(2)12-10/h7,9,13H,5-6,11H2,1-2H3. The molecule has 1 heterocycles. The first-order chi connectivity index (χ1) is 6.76. The quantitative estimate of drug-likeness (QED) is 0.445. The molecular weight excluding hydrogens is 194 g/mol. The molecule has 0 saturated carbocycles. The van der Waals surface area contributed by atoms with Gasteiger partial charge in [-0.05, 0) is 13.8 Å². The van der Waals surface area contributed by atoms with Crippen LogP contribution in [0.4, 0.5) is 0 Å².